The van der Waals surface area contributed by atoms with E-state index in [1.165, 1.54) is 16.7 Å². The average molecular weight is 326 g/mol. The number of pyridine rings is 1. The average Bonchev–Trinajstić information content (AvgIpc) is 2.59. The molecule has 1 aromatic heterocycles. The number of nitrogens with zero attached hydrogens (tertiary/aromatic N) is 2. The van der Waals surface area contributed by atoms with Crippen molar-refractivity contribution in [1.29, 1.82) is 0 Å². The number of para-hydroxylation sites is 1. The van der Waals surface area contributed by atoms with Crippen LogP contribution in [0.4, 0.5) is 0 Å². The molecule has 2 heterocycles. The standard InChI is InChI=1S/C23H22N2/c1-15(2)18-9-7-10-19-20(18)13-23(3,4)25-22(19)17-12-16-8-5-6-11-21(16)24-14-17/h5-12,14H,1,13H2,2-4H3. The van der Waals surface area contributed by atoms with E-state index in [4.69, 9.17) is 4.99 Å². The van der Waals surface area contributed by atoms with Gasteiger partial charge >= 0.3 is 0 Å². The second-order valence-corrected chi connectivity index (χ2v) is 7.48. The first-order valence-corrected chi connectivity index (χ1v) is 8.68. The number of allylic oxidation sites excluding steroid dienone is 1. The van der Waals surface area contributed by atoms with Gasteiger partial charge in [0.1, 0.15) is 0 Å². The Morgan fingerprint density at radius 2 is 1.88 bits per heavy atom. The van der Waals surface area contributed by atoms with Crippen molar-refractivity contribution >= 4 is 22.2 Å². The minimum Gasteiger partial charge on any atom is -0.278 e. The van der Waals surface area contributed by atoms with Crippen LogP contribution in [0.3, 0.4) is 0 Å². The third-order valence-electron chi connectivity index (χ3n) is 4.78. The first kappa shape index (κ1) is 15.8. The first-order chi connectivity index (χ1) is 11.9. The van der Waals surface area contributed by atoms with Crippen LogP contribution >= 0.6 is 0 Å². The van der Waals surface area contributed by atoms with Crippen molar-refractivity contribution in [1.82, 2.24) is 4.98 Å². The number of hydrogen-bond acceptors (Lipinski definition) is 2. The summed E-state index contributed by atoms with van der Waals surface area (Å²) in [5.74, 6) is 0. The molecule has 2 aromatic carbocycles. The maximum absolute atomic E-state index is 5.08. The van der Waals surface area contributed by atoms with Gasteiger partial charge in [0, 0.05) is 22.7 Å². The van der Waals surface area contributed by atoms with Crippen LogP contribution in [-0.2, 0) is 6.42 Å². The molecule has 0 amide bonds. The van der Waals surface area contributed by atoms with Crippen LogP contribution in [-0.4, -0.2) is 16.2 Å². The van der Waals surface area contributed by atoms with Crippen LogP contribution in [0, 0.1) is 0 Å². The molecule has 0 bridgehead atoms. The highest BCUT2D eigenvalue weighted by atomic mass is 14.9. The predicted molar refractivity (Wildman–Crippen MR) is 106 cm³/mol. The van der Waals surface area contributed by atoms with E-state index in [2.05, 4.69) is 62.7 Å². The highest BCUT2D eigenvalue weighted by molar-refractivity contribution is 6.15. The molecule has 0 saturated heterocycles. The maximum atomic E-state index is 5.08. The van der Waals surface area contributed by atoms with Gasteiger partial charge in [-0.05, 0) is 50.5 Å². The summed E-state index contributed by atoms with van der Waals surface area (Å²) in [5.41, 5.74) is 7.88. The number of hydrogen-bond donors (Lipinski definition) is 0. The molecule has 3 aromatic rings. The molecule has 1 aliphatic heterocycles. The molecular formula is C23H22N2. The van der Waals surface area contributed by atoms with E-state index in [0.29, 0.717) is 0 Å². The lowest BCUT2D eigenvalue weighted by Gasteiger charge is -2.31. The molecule has 0 radical (unpaired) electrons. The van der Waals surface area contributed by atoms with Gasteiger partial charge in [0.25, 0.3) is 0 Å². The van der Waals surface area contributed by atoms with Crippen molar-refractivity contribution in [2.45, 2.75) is 32.7 Å². The van der Waals surface area contributed by atoms with Crippen molar-refractivity contribution in [3.8, 4) is 0 Å². The van der Waals surface area contributed by atoms with Gasteiger partial charge in [-0.1, -0.05) is 48.6 Å². The van der Waals surface area contributed by atoms with Gasteiger partial charge in [-0.3, -0.25) is 9.98 Å². The van der Waals surface area contributed by atoms with E-state index in [1.54, 1.807) is 0 Å². The van der Waals surface area contributed by atoms with Crippen LogP contribution in [0.25, 0.3) is 16.5 Å². The third-order valence-corrected chi connectivity index (χ3v) is 4.78. The van der Waals surface area contributed by atoms with E-state index < -0.39 is 0 Å². The molecule has 4 rings (SSSR count). The fraction of sp³-hybridized carbons (Fsp3) is 0.217. The minimum atomic E-state index is -0.139. The molecule has 1 aliphatic rings. The van der Waals surface area contributed by atoms with Gasteiger partial charge in [-0.15, -0.1) is 0 Å². The second kappa shape index (κ2) is 5.66. The number of rotatable bonds is 2. The summed E-state index contributed by atoms with van der Waals surface area (Å²) in [6.07, 6.45) is 2.87. The quantitative estimate of drug-likeness (QED) is 0.615. The molecule has 2 heteroatoms. The summed E-state index contributed by atoms with van der Waals surface area (Å²) in [5, 5.41) is 1.14. The van der Waals surface area contributed by atoms with Crippen molar-refractivity contribution in [2.24, 2.45) is 4.99 Å². The van der Waals surface area contributed by atoms with E-state index in [0.717, 1.165) is 34.2 Å². The van der Waals surface area contributed by atoms with Crippen LogP contribution in [0.15, 0.2) is 66.3 Å². The summed E-state index contributed by atoms with van der Waals surface area (Å²) in [7, 11) is 0. The minimum absolute atomic E-state index is 0.139. The van der Waals surface area contributed by atoms with Crippen LogP contribution in [0.5, 0.6) is 0 Å². The van der Waals surface area contributed by atoms with E-state index in [-0.39, 0.29) is 5.54 Å². The first-order valence-electron chi connectivity index (χ1n) is 8.68. The Labute approximate surface area is 149 Å². The van der Waals surface area contributed by atoms with E-state index >= 15 is 0 Å². The lowest BCUT2D eigenvalue weighted by molar-refractivity contribution is 0.513. The molecule has 0 atom stereocenters. The zero-order valence-corrected chi connectivity index (χ0v) is 15.0. The lowest BCUT2D eigenvalue weighted by Crippen LogP contribution is -2.30. The largest absolute Gasteiger partial charge is 0.278 e. The van der Waals surface area contributed by atoms with Gasteiger partial charge in [-0.2, -0.15) is 0 Å². The summed E-state index contributed by atoms with van der Waals surface area (Å²) in [6, 6.07) is 16.8. The van der Waals surface area contributed by atoms with Crippen LogP contribution in [0.1, 0.15) is 43.0 Å². The molecule has 0 spiro atoms. The Morgan fingerprint density at radius 1 is 1.08 bits per heavy atom. The summed E-state index contributed by atoms with van der Waals surface area (Å²) in [6.45, 7) is 10.6. The summed E-state index contributed by atoms with van der Waals surface area (Å²) >= 11 is 0. The summed E-state index contributed by atoms with van der Waals surface area (Å²) < 4.78 is 0. The molecular weight excluding hydrogens is 304 g/mol. The van der Waals surface area contributed by atoms with Gasteiger partial charge in [0.2, 0.25) is 0 Å². The number of fused-ring (bicyclic) bond motifs is 2. The number of aromatic nitrogens is 1. The van der Waals surface area contributed by atoms with Crippen molar-refractivity contribution in [3.63, 3.8) is 0 Å². The van der Waals surface area contributed by atoms with E-state index in [9.17, 15) is 0 Å². The molecule has 25 heavy (non-hydrogen) atoms. The van der Waals surface area contributed by atoms with Crippen molar-refractivity contribution in [3.05, 3.63) is 83.6 Å². The number of benzene rings is 2. The smallest absolute Gasteiger partial charge is 0.0744 e. The Hall–Kier alpha value is -2.74. The Kier molecular flexibility index (Phi) is 3.57. The lowest BCUT2D eigenvalue weighted by atomic mass is 9.81. The molecule has 0 saturated carbocycles. The SMILES string of the molecule is C=C(C)c1cccc2c1CC(C)(C)N=C2c1cnc2ccccc2c1. The van der Waals surface area contributed by atoms with E-state index in [1.807, 2.05) is 24.4 Å². The van der Waals surface area contributed by atoms with Crippen LogP contribution < -0.4 is 0 Å². The van der Waals surface area contributed by atoms with Gasteiger partial charge < -0.3 is 0 Å². The highest BCUT2D eigenvalue weighted by Gasteiger charge is 2.29. The van der Waals surface area contributed by atoms with Gasteiger partial charge in [0.15, 0.2) is 0 Å². The monoisotopic (exact) mass is 326 g/mol. The highest BCUT2D eigenvalue weighted by Crippen LogP contribution is 2.34. The molecule has 0 unspecified atom stereocenters. The maximum Gasteiger partial charge on any atom is 0.0744 e. The zero-order valence-electron chi connectivity index (χ0n) is 15.0. The Morgan fingerprint density at radius 3 is 2.68 bits per heavy atom. The summed E-state index contributed by atoms with van der Waals surface area (Å²) in [4.78, 5) is 9.72. The van der Waals surface area contributed by atoms with Gasteiger partial charge in [-0.25, -0.2) is 0 Å². The molecule has 124 valence electrons. The molecule has 2 nitrogen and oxygen atoms in total. The van der Waals surface area contributed by atoms with Crippen molar-refractivity contribution < 1.29 is 0 Å². The molecule has 0 aliphatic carbocycles. The second-order valence-electron chi connectivity index (χ2n) is 7.48. The fourth-order valence-electron chi connectivity index (χ4n) is 3.65. The van der Waals surface area contributed by atoms with Gasteiger partial charge in [0.05, 0.1) is 16.8 Å². The number of aliphatic imine (C=N–C) groups is 1. The normalized spacial score (nSPS) is 15.6. The van der Waals surface area contributed by atoms with Crippen molar-refractivity contribution in [2.75, 3.05) is 0 Å². The molecule has 0 fully saturated rings. The Bertz CT molecular complexity index is 1030. The fourth-order valence-corrected chi connectivity index (χ4v) is 3.65. The topological polar surface area (TPSA) is 25.2 Å². The zero-order chi connectivity index (χ0) is 17.6. The molecule has 0 N–H and O–H groups in total. The third kappa shape index (κ3) is 2.78. The van der Waals surface area contributed by atoms with Crippen LogP contribution in [0.2, 0.25) is 0 Å². The predicted octanol–water partition coefficient (Wildman–Crippen LogP) is 5.44. The Balaban J connectivity index is 1.95.